The minimum Gasteiger partial charge on any atom is -0.383 e. The second-order valence-electron chi connectivity index (χ2n) is 8.03. The summed E-state index contributed by atoms with van der Waals surface area (Å²) in [5, 5.41) is 23.5. The number of hydrogen-bond donors (Lipinski definition) is 3. The number of nitrogens with two attached hydrogens (primary N) is 1. The summed E-state index contributed by atoms with van der Waals surface area (Å²) in [4.78, 5) is 25.7. The summed E-state index contributed by atoms with van der Waals surface area (Å²) in [6.07, 6.45) is 1.45. The van der Waals surface area contributed by atoms with Crippen molar-refractivity contribution in [3.8, 4) is 22.6 Å². The molecule has 1 unspecified atom stereocenters. The number of anilines is 3. The molecule has 0 spiro atoms. The van der Waals surface area contributed by atoms with Crippen molar-refractivity contribution in [1.29, 1.82) is 10.5 Å². The fraction of sp³-hybridized carbons (Fsp3) is 0.120. The van der Waals surface area contributed by atoms with Crippen LogP contribution in [0.3, 0.4) is 0 Å². The number of pyridine rings is 1. The quantitative estimate of drug-likeness (QED) is 0.257. The fourth-order valence-electron chi connectivity index (χ4n) is 3.41. The van der Waals surface area contributed by atoms with Crippen LogP contribution in [0.4, 0.5) is 17.5 Å². The number of aromatic nitrogens is 3. The molecule has 4 aromatic rings. The molecule has 0 fully saturated rings. The van der Waals surface area contributed by atoms with Gasteiger partial charge in [-0.05, 0) is 55.6 Å². The van der Waals surface area contributed by atoms with Crippen molar-refractivity contribution in [3.63, 3.8) is 0 Å². The third kappa shape index (κ3) is 6.15. The molecule has 0 aliphatic carbocycles. The third-order valence-corrected chi connectivity index (χ3v) is 8.61. The van der Waals surface area contributed by atoms with Gasteiger partial charge in [-0.1, -0.05) is 17.8 Å². The Hall–Kier alpha value is -4.50. The summed E-state index contributed by atoms with van der Waals surface area (Å²) in [5.74, 6) is -0.487. The van der Waals surface area contributed by atoms with Gasteiger partial charge in [-0.15, -0.1) is 11.3 Å². The molecule has 196 valence electrons. The van der Waals surface area contributed by atoms with Crippen molar-refractivity contribution in [1.82, 2.24) is 15.0 Å². The second kappa shape index (κ2) is 11.5. The monoisotopic (exact) mass is 576 g/mol. The lowest BCUT2D eigenvalue weighted by molar-refractivity contribution is -0.115. The molecule has 0 bridgehead atoms. The fourth-order valence-corrected chi connectivity index (χ4v) is 6.06. The van der Waals surface area contributed by atoms with Crippen LogP contribution in [0.5, 0.6) is 0 Å². The zero-order valence-electron chi connectivity index (χ0n) is 20.5. The van der Waals surface area contributed by atoms with Gasteiger partial charge in [0.1, 0.15) is 28.5 Å². The Morgan fingerprint density at radius 1 is 1.10 bits per heavy atom. The lowest BCUT2D eigenvalue weighted by Crippen LogP contribution is -2.23. The van der Waals surface area contributed by atoms with Crippen molar-refractivity contribution in [2.75, 3.05) is 15.8 Å². The van der Waals surface area contributed by atoms with E-state index in [-0.39, 0.29) is 32.8 Å². The number of amides is 1. The number of benzene rings is 1. The molecule has 4 rings (SSSR count). The Bertz CT molecular complexity index is 1730. The van der Waals surface area contributed by atoms with Crippen LogP contribution in [0.25, 0.3) is 10.4 Å². The van der Waals surface area contributed by atoms with Gasteiger partial charge >= 0.3 is 0 Å². The maximum atomic E-state index is 12.9. The molecule has 1 atom stereocenters. The zero-order valence-corrected chi connectivity index (χ0v) is 23.0. The third-order valence-electron chi connectivity index (χ3n) is 5.29. The first-order valence-electron chi connectivity index (χ1n) is 11.2. The number of carbonyl (C=O) groups is 1. The summed E-state index contributed by atoms with van der Waals surface area (Å²) in [6.45, 7) is 3.35. The van der Waals surface area contributed by atoms with E-state index in [4.69, 9.17) is 5.73 Å². The van der Waals surface area contributed by atoms with E-state index < -0.39 is 21.2 Å². The highest BCUT2D eigenvalue weighted by Crippen LogP contribution is 2.38. The molecule has 0 saturated heterocycles. The first-order chi connectivity index (χ1) is 18.6. The Morgan fingerprint density at radius 3 is 2.44 bits per heavy atom. The summed E-state index contributed by atoms with van der Waals surface area (Å²) in [5.41, 5.74) is 7.66. The molecule has 0 saturated carbocycles. The summed E-state index contributed by atoms with van der Waals surface area (Å²) >= 11 is 2.38. The summed E-state index contributed by atoms with van der Waals surface area (Å²) in [6, 6.07) is 14.9. The van der Waals surface area contributed by atoms with E-state index in [1.54, 1.807) is 32.0 Å². The SMILES string of the molecule is Cc1ccnc(NS(=O)(=O)c2ccc(NC(=O)C(C)Sc3nc(N)c(C#N)c(-c4cccs4)c3C#N)cc2)n1. The number of nitrogen functional groups attached to an aromatic ring is 1. The number of thioether (sulfide) groups is 1. The van der Waals surface area contributed by atoms with Crippen LogP contribution in [-0.2, 0) is 14.8 Å². The smallest absolute Gasteiger partial charge is 0.264 e. The molecular formula is C25H20N8O3S3. The van der Waals surface area contributed by atoms with Gasteiger partial charge < -0.3 is 11.1 Å². The standard InChI is InChI=1S/C25H20N8O3S3/c1-14-9-10-29-25(30-14)33-39(35,36)17-7-5-16(6-8-17)31-23(34)15(2)38-24-19(13-27)21(20-4-3-11-37-20)18(12-26)22(28)32-24/h3-11,15H,1-2H3,(H2,28,32)(H,31,34)(H,29,30,33). The van der Waals surface area contributed by atoms with Gasteiger partial charge in [0, 0.05) is 28.0 Å². The van der Waals surface area contributed by atoms with Gasteiger partial charge in [-0.2, -0.15) is 10.5 Å². The van der Waals surface area contributed by atoms with Crippen LogP contribution in [0.15, 0.2) is 64.0 Å². The number of carbonyl (C=O) groups excluding carboxylic acids is 1. The van der Waals surface area contributed by atoms with Crippen LogP contribution >= 0.6 is 23.1 Å². The van der Waals surface area contributed by atoms with E-state index in [1.807, 2.05) is 11.4 Å². The van der Waals surface area contributed by atoms with Crippen molar-refractivity contribution >= 4 is 56.5 Å². The molecule has 0 radical (unpaired) electrons. The van der Waals surface area contributed by atoms with Crippen molar-refractivity contribution in [3.05, 3.63) is 70.9 Å². The predicted octanol–water partition coefficient (Wildman–Crippen LogP) is 4.15. The summed E-state index contributed by atoms with van der Waals surface area (Å²) in [7, 11) is -3.94. The number of nitrogens with one attached hydrogen (secondary N) is 2. The Morgan fingerprint density at radius 2 is 1.82 bits per heavy atom. The van der Waals surface area contributed by atoms with Crippen LogP contribution < -0.4 is 15.8 Å². The Kier molecular flexibility index (Phi) is 8.11. The summed E-state index contributed by atoms with van der Waals surface area (Å²) < 4.78 is 27.6. The molecule has 1 aromatic carbocycles. The van der Waals surface area contributed by atoms with E-state index in [0.29, 0.717) is 21.8 Å². The molecule has 0 aliphatic heterocycles. The number of nitriles is 2. The van der Waals surface area contributed by atoms with Gasteiger partial charge in [0.05, 0.1) is 15.7 Å². The molecule has 4 N–H and O–H groups in total. The highest BCUT2D eigenvalue weighted by molar-refractivity contribution is 8.00. The zero-order chi connectivity index (χ0) is 28.2. The molecule has 3 heterocycles. The van der Waals surface area contributed by atoms with Gasteiger partial charge in [-0.3, -0.25) is 4.79 Å². The maximum Gasteiger partial charge on any atom is 0.264 e. The van der Waals surface area contributed by atoms with Crippen LogP contribution in [0, 0.1) is 29.6 Å². The lowest BCUT2D eigenvalue weighted by Gasteiger charge is -2.15. The van der Waals surface area contributed by atoms with E-state index in [2.05, 4.69) is 31.1 Å². The van der Waals surface area contributed by atoms with Crippen LogP contribution in [0.2, 0.25) is 0 Å². The lowest BCUT2D eigenvalue weighted by atomic mass is 10.0. The van der Waals surface area contributed by atoms with Crippen LogP contribution in [-0.4, -0.2) is 34.5 Å². The number of rotatable bonds is 8. The van der Waals surface area contributed by atoms with E-state index in [0.717, 1.165) is 11.8 Å². The molecule has 11 nitrogen and oxygen atoms in total. The molecule has 1 amide bonds. The number of aryl methyl sites for hydroxylation is 1. The number of nitrogens with zero attached hydrogens (tertiary/aromatic N) is 5. The molecule has 14 heteroatoms. The van der Waals surface area contributed by atoms with Gasteiger partial charge in [0.2, 0.25) is 11.9 Å². The maximum absolute atomic E-state index is 12.9. The van der Waals surface area contributed by atoms with E-state index >= 15 is 0 Å². The first kappa shape index (κ1) is 27.5. The van der Waals surface area contributed by atoms with Crippen molar-refractivity contribution < 1.29 is 13.2 Å². The Balaban J connectivity index is 1.50. The average Bonchev–Trinajstić information content (AvgIpc) is 3.43. The molecule has 0 aliphatic rings. The van der Waals surface area contributed by atoms with Crippen molar-refractivity contribution in [2.45, 2.75) is 29.0 Å². The average molecular weight is 577 g/mol. The topological polar surface area (TPSA) is 188 Å². The molecular weight excluding hydrogens is 557 g/mol. The van der Waals surface area contributed by atoms with Gasteiger partial charge in [0.15, 0.2) is 0 Å². The van der Waals surface area contributed by atoms with Gasteiger partial charge in [-0.25, -0.2) is 28.1 Å². The van der Waals surface area contributed by atoms with E-state index in [1.165, 1.54) is 41.8 Å². The predicted molar refractivity (Wildman–Crippen MR) is 149 cm³/mol. The largest absolute Gasteiger partial charge is 0.383 e. The number of sulfonamides is 1. The highest BCUT2D eigenvalue weighted by atomic mass is 32.2. The molecule has 39 heavy (non-hydrogen) atoms. The Labute approximate surface area is 232 Å². The first-order valence-corrected chi connectivity index (χ1v) is 14.4. The van der Waals surface area contributed by atoms with E-state index in [9.17, 15) is 23.7 Å². The second-order valence-corrected chi connectivity index (χ2v) is 12.0. The van der Waals surface area contributed by atoms with Gasteiger partial charge in [0.25, 0.3) is 10.0 Å². The highest BCUT2D eigenvalue weighted by Gasteiger charge is 2.25. The minimum absolute atomic E-state index is 0.0310. The number of hydrogen-bond acceptors (Lipinski definition) is 11. The minimum atomic E-state index is -3.94. The molecule has 3 aromatic heterocycles. The normalized spacial score (nSPS) is 11.7. The van der Waals surface area contributed by atoms with Crippen molar-refractivity contribution in [2.24, 2.45) is 0 Å². The number of thiophene rings is 1. The van der Waals surface area contributed by atoms with Crippen LogP contribution in [0.1, 0.15) is 23.7 Å².